The number of allylic oxidation sites excluding steroid dienone is 3. The van der Waals surface area contributed by atoms with E-state index in [9.17, 15) is 15.2 Å². The third-order valence-electron chi connectivity index (χ3n) is 6.45. The van der Waals surface area contributed by atoms with Gasteiger partial charge in [0.25, 0.3) is 0 Å². The van der Waals surface area contributed by atoms with E-state index >= 15 is 0 Å². The number of nitrogens with zero attached hydrogens (tertiary/aromatic N) is 1. The number of ether oxygens (including phenoxy) is 1. The second-order valence-corrected chi connectivity index (χ2v) is 9.43. The maximum absolute atomic E-state index is 13.0. The number of Topliss-reactive ketones (excluding diaryl/α,β-unsaturated/α-hetero) is 1. The van der Waals surface area contributed by atoms with Crippen LogP contribution in [-0.4, -0.2) is 18.0 Å². The lowest BCUT2D eigenvalue weighted by molar-refractivity contribution is -0.116. The van der Waals surface area contributed by atoms with E-state index in [2.05, 4.69) is 41.7 Å². The first-order chi connectivity index (χ1) is 16.6. The van der Waals surface area contributed by atoms with E-state index in [1.54, 1.807) is 30.0 Å². The van der Waals surface area contributed by atoms with Gasteiger partial charge in [-0.25, -0.2) is 0 Å². The third-order valence-corrected chi connectivity index (χ3v) is 7.52. The van der Waals surface area contributed by atoms with Crippen LogP contribution in [0.5, 0.6) is 11.5 Å². The Labute approximate surface area is 202 Å². The molecule has 0 saturated heterocycles. The summed E-state index contributed by atoms with van der Waals surface area (Å²) in [6.07, 6.45) is 2.03. The third kappa shape index (κ3) is 3.93. The van der Waals surface area contributed by atoms with Gasteiger partial charge in [-0.05, 0) is 46.9 Å². The van der Waals surface area contributed by atoms with E-state index in [0.717, 1.165) is 29.1 Å². The average Bonchev–Trinajstić information content (AvgIpc) is 2.87. The van der Waals surface area contributed by atoms with Gasteiger partial charge in [-0.1, -0.05) is 48.5 Å². The standard InChI is InChI=1S/C28H24N2O3S/c1-33-25-14-18(12-13-23(25)31)26-21(15-29)28(30-22-10-5-11-24(32)27(22)26)34-16-19-8-4-7-17-6-2-3-9-20(17)19/h2-4,6-9,12-14,26,30-31H,5,10-11,16H2,1H3. The number of dihydropyridines is 1. The van der Waals surface area contributed by atoms with Crippen molar-refractivity contribution in [3.8, 4) is 17.6 Å². The number of aromatic hydroxyl groups is 1. The van der Waals surface area contributed by atoms with Gasteiger partial charge in [0.05, 0.1) is 29.7 Å². The molecular formula is C28H24N2O3S. The van der Waals surface area contributed by atoms with E-state index in [-0.39, 0.29) is 11.5 Å². The van der Waals surface area contributed by atoms with Crippen molar-refractivity contribution >= 4 is 28.3 Å². The Kier molecular flexibility index (Phi) is 6.04. The van der Waals surface area contributed by atoms with Crippen molar-refractivity contribution in [3.05, 3.63) is 93.7 Å². The minimum absolute atomic E-state index is 0.0254. The number of hydrogen-bond donors (Lipinski definition) is 2. The lowest BCUT2D eigenvalue weighted by Crippen LogP contribution is -2.31. The molecule has 1 atom stereocenters. The lowest BCUT2D eigenvalue weighted by atomic mass is 9.77. The number of phenolic OH excluding ortho intramolecular Hbond substituents is 1. The zero-order valence-electron chi connectivity index (χ0n) is 18.8. The molecule has 0 saturated carbocycles. The van der Waals surface area contributed by atoms with E-state index in [4.69, 9.17) is 4.74 Å². The molecule has 3 aromatic carbocycles. The normalized spacial score (nSPS) is 17.9. The molecule has 0 bridgehead atoms. The molecule has 5 nitrogen and oxygen atoms in total. The maximum Gasteiger partial charge on any atom is 0.161 e. The fourth-order valence-electron chi connectivity index (χ4n) is 4.81. The van der Waals surface area contributed by atoms with Crippen molar-refractivity contribution in [2.24, 2.45) is 0 Å². The molecule has 0 amide bonds. The predicted molar refractivity (Wildman–Crippen MR) is 134 cm³/mol. The molecule has 0 radical (unpaired) electrons. The Morgan fingerprint density at radius 3 is 2.79 bits per heavy atom. The van der Waals surface area contributed by atoms with Crippen LogP contribution in [0.1, 0.15) is 36.3 Å². The van der Waals surface area contributed by atoms with Crippen LogP contribution in [0.2, 0.25) is 0 Å². The first kappa shape index (κ1) is 22.1. The Hall–Kier alpha value is -3.69. The molecule has 0 aromatic heterocycles. The smallest absolute Gasteiger partial charge is 0.161 e. The molecule has 2 aliphatic rings. The quantitative estimate of drug-likeness (QED) is 0.484. The molecule has 1 aliphatic heterocycles. The van der Waals surface area contributed by atoms with Gasteiger partial charge in [0.2, 0.25) is 0 Å². The second-order valence-electron chi connectivity index (χ2n) is 8.44. The molecule has 1 aliphatic carbocycles. The van der Waals surface area contributed by atoms with Crippen LogP contribution in [0, 0.1) is 11.3 Å². The minimum atomic E-state index is -0.487. The van der Waals surface area contributed by atoms with Gasteiger partial charge in [0.15, 0.2) is 17.3 Å². The van der Waals surface area contributed by atoms with Crippen molar-refractivity contribution in [1.29, 1.82) is 5.26 Å². The van der Waals surface area contributed by atoms with Crippen LogP contribution in [0.3, 0.4) is 0 Å². The summed E-state index contributed by atoms with van der Waals surface area (Å²) in [7, 11) is 1.49. The van der Waals surface area contributed by atoms with Crippen LogP contribution >= 0.6 is 11.8 Å². The number of rotatable bonds is 5. The Bertz CT molecular complexity index is 1400. The molecule has 1 unspecified atom stereocenters. The zero-order valence-corrected chi connectivity index (χ0v) is 19.6. The highest BCUT2D eigenvalue weighted by Gasteiger charge is 2.37. The molecule has 34 heavy (non-hydrogen) atoms. The first-order valence-electron chi connectivity index (χ1n) is 11.2. The highest BCUT2D eigenvalue weighted by atomic mass is 32.2. The fraction of sp³-hybridized carbons (Fsp3) is 0.214. The van der Waals surface area contributed by atoms with E-state index in [1.807, 2.05) is 12.1 Å². The predicted octanol–water partition coefficient (Wildman–Crippen LogP) is 5.92. The number of ketones is 1. The Morgan fingerprint density at radius 2 is 1.97 bits per heavy atom. The number of phenols is 1. The summed E-state index contributed by atoms with van der Waals surface area (Å²) in [5.41, 5.74) is 4.03. The number of carbonyl (C=O) groups excluding carboxylic acids is 1. The zero-order chi connectivity index (χ0) is 23.7. The van der Waals surface area contributed by atoms with E-state index in [0.29, 0.717) is 29.1 Å². The molecule has 0 fully saturated rings. The molecule has 1 heterocycles. The summed E-state index contributed by atoms with van der Waals surface area (Å²) >= 11 is 1.59. The number of methoxy groups -OCH3 is 1. The summed E-state index contributed by atoms with van der Waals surface area (Å²) < 4.78 is 5.31. The highest BCUT2D eigenvalue weighted by Crippen LogP contribution is 2.46. The number of benzene rings is 3. The van der Waals surface area contributed by atoms with Gasteiger partial charge in [0, 0.05) is 23.4 Å². The maximum atomic E-state index is 13.0. The number of thioether (sulfide) groups is 1. The second kappa shape index (κ2) is 9.28. The monoisotopic (exact) mass is 468 g/mol. The number of hydrogen-bond acceptors (Lipinski definition) is 6. The summed E-state index contributed by atoms with van der Waals surface area (Å²) in [6, 6.07) is 22.0. The first-order valence-corrected chi connectivity index (χ1v) is 12.2. The van der Waals surface area contributed by atoms with Crippen molar-refractivity contribution in [3.63, 3.8) is 0 Å². The number of nitrogens with one attached hydrogen (secondary N) is 1. The fourth-order valence-corrected chi connectivity index (χ4v) is 5.88. The average molecular weight is 469 g/mol. The van der Waals surface area contributed by atoms with Crippen LogP contribution in [-0.2, 0) is 10.5 Å². The van der Waals surface area contributed by atoms with Crippen LogP contribution in [0.15, 0.2) is 82.5 Å². The summed E-state index contributed by atoms with van der Waals surface area (Å²) in [4.78, 5) is 13.0. The number of nitriles is 1. The van der Waals surface area contributed by atoms with Crippen molar-refractivity contribution in [2.45, 2.75) is 30.9 Å². The van der Waals surface area contributed by atoms with Gasteiger partial charge in [0.1, 0.15) is 0 Å². The van der Waals surface area contributed by atoms with Crippen molar-refractivity contribution in [2.75, 3.05) is 7.11 Å². The van der Waals surface area contributed by atoms with Gasteiger partial charge >= 0.3 is 0 Å². The van der Waals surface area contributed by atoms with E-state index in [1.165, 1.54) is 23.4 Å². The highest BCUT2D eigenvalue weighted by molar-refractivity contribution is 8.02. The van der Waals surface area contributed by atoms with Crippen molar-refractivity contribution < 1.29 is 14.6 Å². The minimum Gasteiger partial charge on any atom is -0.504 e. The van der Waals surface area contributed by atoms with Gasteiger partial charge in [-0.2, -0.15) is 5.26 Å². The van der Waals surface area contributed by atoms with Crippen molar-refractivity contribution in [1.82, 2.24) is 5.32 Å². The summed E-state index contributed by atoms with van der Waals surface area (Å²) in [5, 5.41) is 26.9. The van der Waals surface area contributed by atoms with Crippen LogP contribution in [0.25, 0.3) is 10.8 Å². The number of carbonyl (C=O) groups is 1. The Morgan fingerprint density at radius 1 is 1.15 bits per heavy atom. The number of fused-ring (bicyclic) bond motifs is 1. The lowest BCUT2D eigenvalue weighted by Gasteiger charge is -2.33. The molecule has 170 valence electrons. The summed E-state index contributed by atoms with van der Waals surface area (Å²) in [6.45, 7) is 0. The summed E-state index contributed by atoms with van der Waals surface area (Å²) in [5.74, 6) is 0.619. The molecule has 6 heteroatoms. The van der Waals surface area contributed by atoms with Gasteiger partial charge in [-0.15, -0.1) is 11.8 Å². The largest absolute Gasteiger partial charge is 0.504 e. The van der Waals surface area contributed by atoms with Crippen LogP contribution in [0.4, 0.5) is 0 Å². The molecular weight excluding hydrogens is 444 g/mol. The molecule has 5 rings (SSSR count). The van der Waals surface area contributed by atoms with Gasteiger partial charge in [-0.3, -0.25) is 4.79 Å². The molecule has 3 aromatic rings. The van der Waals surface area contributed by atoms with Gasteiger partial charge < -0.3 is 15.2 Å². The SMILES string of the molecule is COc1cc(C2C(C#N)=C(SCc3cccc4ccccc34)NC3=C2C(=O)CCC3)ccc1O. The molecule has 2 N–H and O–H groups in total. The topological polar surface area (TPSA) is 82.3 Å². The van der Waals surface area contributed by atoms with Crippen LogP contribution < -0.4 is 10.1 Å². The Balaban J connectivity index is 1.57. The molecule has 0 spiro atoms. The van der Waals surface area contributed by atoms with E-state index < -0.39 is 5.92 Å².